The van der Waals surface area contributed by atoms with Gasteiger partial charge in [0.25, 0.3) is 0 Å². The second-order valence-electron chi connectivity index (χ2n) is 9.00. The molecule has 0 radical (unpaired) electrons. The molecule has 0 aliphatic heterocycles. The third-order valence-electron chi connectivity index (χ3n) is 4.22. The van der Waals surface area contributed by atoms with Gasteiger partial charge < -0.3 is 8.97 Å². The van der Waals surface area contributed by atoms with Crippen molar-refractivity contribution in [3.8, 4) is 0 Å². The Bertz CT molecular complexity index is 475. The van der Waals surface area contributed by atoms with Crippen LogP contribution in [0.1, 0.15) is 24.8 Å². The first-order chi connectivity index (χ1) is 11.2. The molecule has 0 N–H and O–H groups in total. The Morgan fingerprint density at radius 2 is 1.44 bits per heavy atom. The Balaban J connectivity index is 0.000000443. The molecule has 0 bridgehead atoms. The summed E-state index contributed by atoms with van der Waals surface area (Å²) in [6, 6.07) is 8.63. The Morgan fingerprint density at radius 1 is 0.880 bits per heavy atom. The van der Waals surface area contributed by atoms with Crippen molar-refractivity contribution < 1.29 is 26.0 Å². The van der Waals surface area contributed by atoms with Gasteiger partial charge in [0.1, 0.15) is 0 Å². The molecular weight excluding hydrogens is 348 g/mol. The Hall–Kier alpha value is -0.731. The van der Waals surface area contributed by atoms with E-state index in [2.05, 4.69) is 90.9 Å². The fourth-order valence-electron chi connectivity index (χ4n) is 2.81. The average Bonchev–Trinajstić information content (AvgIpc) is 3.09. The number of aryl methyl sites for hydroxylation is 1. The van der Waals surface area contributed by atoms with Crippen LogP contribution in [0.3, 0.4) is 0 Å². The zero-order valence-corrected chi connectivity index (χ0v) is 18.3. The number of hydrogen-bond acceptors (Lipinski definition) is 0. The fourth-order valence-corrected chi connectivity index (χ4v) is 2.81. The number of hydrogen-bond donors (Lipinski definition) is 0. The maximum atomic E-state index is 2.29. The smallest absolute Gasteiger partial charge is 0.331 e. The van der Waals surface area contributed by atoms with Gasteiger partial charge in [0.15, 0.2) is 0 Å². The first kappa shape index (κ1) is 24.3. The summed E-state index contributed by atoms with van der Waals surface area (Å²) in [6.45, 7) is 2.53. The van der Waals surface area contributed by atoms with E-state index in [1.807, 2.05) is 0 Å². The molecule has 0 unspecified atom stereocenters. The average molecular weight is 387 g/mol. The Morgan fingerprint density at radius 3 is 1.92 bits per heavy atom. The molecule has 0 fully saturated rings. The molecule has 1 aliphatic rings. The third kappa shape index (κ3) is 14.2. The molecular formula is C22H39FeN2+3. The summed E-state index contributed by atoms with van der Waals surface area (Å²) in [5, 5.41) is 0. The molecule has 1 aliphatic carbocycles. The molecule has 0 saturated heterocycles. The molecule has 3 heteroatoms. The van der Waals surface area contributed by atoms with Crippen molar-refractivity contribution in [2.75, 3.05) is 55.4 Å². The first-order valence-electron chi connectivity index (χ1n) is 9.32. The number of rotatable bonds is 8. The van der Waals surface area contributed by atoms with E-state index in [4.69, 9.17) is 0 Å². The van der Waals surface area contributed by atoms with Crippen LogP contribution in [0.5, 0.6) is 0 Å². The molecule has 1 aromatic carbocycles. The second kappa shape index (κ2) is 11.8. The van der Waals surface area contributed by atoms with Crippen LogP contribution in [0.2, 0.25) is 0 Å². The minimum absolute atomic E-state index is 0. The molecule has 0 aromatic heterocycles. The number of allylic oxidation sites excluding steroid dienone is 4. The molecule has 142 valence electrons. The maximum Gasteiger partial charge on any atom is 2.00 e. The fraction of sp³-hybridized carbons (Fsp3) is 0.591. The summed E-state index contributed by atoms with van der Waals surface area (Å²) in [6.07, 6.45) is 14.0. The van der Waals surface area contributed by atoms with E-state index >= 15 is 0 Å². The van der Waals surface area contributed by atoms with Gasteiger partial charge in [-0.15, -0.1) is 0 Å². The zero-order chi connectivity index (χ0) is 18.1. The predicted molar refractivity (Wildman–Crippen MR) is 107 cm³/mol. The molecule has 0 heterocycles. The van der Waals surface area contributed by atoms with Crippen LogP contribution >= 0.6 is 0 Å². The largest absolute Gasteiger partial charge is 2.00 e. The summed E-state index contributed by atoms with van der Waals surface area (Å²) >= 11 is 0. The second-order valence-corrected chi connectivity index (χ2v) is 9.00. The van der Waals surface area contributed by atoms with E-state index < -0.39 is 0 Å². The SMILES string of the molecule is C[N+](C)(C)CCCC1C=CC=C1.C[N+](C)(C)CCCc1ccc[cH-]1.[Fe+2]. The summed E-state index contributed by atoms with van der Waals surface area (Å²) in [7, 11) is 13.5. The summed E-state index contributed by atoms with van der Waals surface area (Å²) in [5.41, 5.74) is 1.48. The molecule has 2 rings (SSSR count). The van der Waals surface area contributed by atoms with Crippen molar-refractivity contribution in [3.63, 3.8) is 0 Å². The standard InChI is InChI=1S/C11H20N.C11H19N.Fe/c2*1-12(2,3)10-6-9-11-7-4-5-8-11;/h4-5,7-8,11H,6,9-10H2,1-3H3;4-5,7-8H,6,9-10H2,1-3H3;/q+1;;+2. The van der Waals surface area contributed by atoms with Crippen LogP contribution in [0.25, 0.3) is 0 Å². The van der Waals surface area contributed by atoms with Gasteiger partial charge >= 0.3 is 17.1 Å². The van der Waals surface area contributed by atoms with Crippen LogP contribution in [0.4, 0.5) is 0 Å². The van der Waals surface area contributed by atoms with Gasteiger partial charge in [-0.3, -0.25) is 0 Å². The van der Waals surface area contributed by atoms with Crippen LogP contribution in [0.15, 0.2) is 48.6 Å². The monoisotopic (exact) mass is 387 g/mol. The van der Waals surface area contributed by atoms with Gasteiger partial charge in [-0.2, -0.15) is 17.7 Å². The topological polar surface area (TPSA) is 0 Å². The van der Waals surface area contributed by atoms with Crippen LogP contribution in [-0.4, -0.2) is 64.3 Å². The number of nitrogens with zero attached hydrogens (tertiary/aromatic N) is 2. The minimum Gasteiger partial charge on any atom is -0.331 e. The molecule has 2 nitrogen and oxygen atoms in total. The molecule has 0 atom stereocenters. The normalized spacial score (nSPS) is 14.2. The van der Waals surface area contributed by atoms with E-state index in [1.54, 1.807) is 0 Å². The van der Waals surface area contributed by atoms with Crippen molar-refractivity contribution in [1.29, 1.82) is 0 Å². The van der Waals surface area contributed by atoms with Crippen molar-refractivity contribution in [2.45, 2.75) is 25.7 Å². The van der Waals surface area contributed by atoms with Crippen LogP contribution < -0.4 is 0 Å². The summed E-state index contributed by atoms with van der Waals surface area (Å²) in [5.74, 6) is 0.719. The molecule has 0 saturated carbocycles. The van der Waals surface area contributed by atoms with Gasteiger partial charge in [0.2, 0.25) is 0 Å². The van der Waals surface area contributed by atoms with E-state index in [0.29, 0.717) is 0 Å². The van der Waals surface area contributed by atoms with Crippen LogP contribution in [0, 0.1) is 5.92 Å². The van der Waals surface area contributed by atoms with E-state index in [9.17, 15) is 0 Å². The van der Waals surface area contributed by atoms with Gasteiger partial charge in [-0.1, -0.05) is 24.3 Å². The number of quaternary nitrogens is 2. The molecule has 1 aromatic rings. The summed E-state index contributed by atoms with van der Waals surface area (Å²) < 4.78 is 2.15. The molecule has 25 heavy (non-hydrogen) atoms. The Labute approximate surface area is 167 Å². The zero-order valence-electron chi connectivity index (χ0n) is 17.2. The maximum absolute atomic E-state index is 2.29. The summed E-state index contributed by atoms with van der Waals surface area (Å²) in [4.78, 5) is 0. The van der Waals surface area contributed by atoms with Crippen molar-refractivity contribution >= 4 is 0 Å². The molecule has 0 spiro atoms. The Kier molecular flexibility index (Phi) is 11.5. The predicted octanol–water partition coefficient (Wildman–Crippen LogP) is 4.26. The van der Waals surface area contributed by atoms with Crippen molar-refractivity contribution in [1.82, 2.24) is 0 Å². The van der Waals surface area contributed by atoms with Crippen LogP contribution in [-0.2, 0) is 23.5 Å². The van der Waals surface area contributed by atoms with Gasteiger partial charge in [0, 0.05) is 0 Å². The van der Waals surface area contributed by atoms with Gasteiger partial charge in [0.05, 0.1) is 55.4 Å². The van der Waals surface area contributed by atoms with E-state index in [1.165, 1.54) is 44.3 Å². The van der Waals surface area contributed by atoms with Crippen molar-refractivity contribution in [3.05, 3.63) is 54.1 Å². The van der Waals surface area contributed by atoms with E-state index in [-0.39, 0.29) is 17.1 Å². The van der Waals surface area contributed by atoms with Gasteiger partial charge in [-0.05, 0) is 31.6 Å². The molecule has 0 amide bonds. The van der Waals surface area contributed by atoms with E-state index in [0.717, 1.165) is 14.9 Å². The van der Waals surface area contributed by atoms with Gasteiger partial charge in [-0.25, -0.2) is 12.1 Å². The first-order valence-corrected chi connectivity index (χ1v) is 9.32. The minimum atomic E-state index is 0. The quantitative estimate of drug-likeness (QED) is 0.355. The van der Waals surface area contributed by atoms with Crippen molar-refractivity contribution in [2.24, 2.45) is 5.92 Å². The third-order valence-corrected chi connectivity index (χ3v) is 4.22.